The van der Waals surface area contributed by atoms with E-state index in [1.54, 1.807) is 6.20 Å². The van der Waals surface area contributed by atoms with E-state index in [1.165, 1.54) is 19.3 Å². The number of carbonyl (C=O) groups excluding carboxylic acids is 1. The highest BCUT2D eigenvalue weighted by molar-refractivity contribution is 5.89. The van der Waals surface area contributed by atoms with Gasteiger partial charge in [-0.3, -0.25) is 0 Å². The van der Waals surface area contributed by atoms with E-state index >= 15 is 0 Å². The van der Waals surface area contributed by atoms with Crippen molar-refractivity contribution in [2.24, 2.45) is 5.92 Å². The SMILES string of the molecule is CC1CCCCC1OCCNC(=O)Nc1ccc(N2CCOCC2)nc1. The van der Waals surface area contributed by atoms with E-state index in [4.69, 9.17) is 9.47 Å². The second-order valence-electron chi connectivity index (χ2n) is 7.06. The van der Waals surface area contributed by atoms with Crippen LogP contribution < -0.4 is 15.5 Å². The molecule has 1 saturated carbocycles. The Bertz CT molecular complexity index is 560. The monoisotopic (exact) mass is 362 g/mol. The van der Waals surface area contributed by atoms with Gasteiger partial charge in [0.05, 0.1) is 37.8 Å². The molecular formula is C19H30N4O3. The summed E-state index contributed by atoms with van der Waals surface area (Å²) in [5.74, 6) is 1.53. The molecule has 1 aliphatic heterocycles. The lowest BCUT2D eigenvalue weighted by Gasteiger charge is -2.28. The Balaban J connectivity index is 1.35. The summed E-state index contributed by atoms with van der Waals surface area (Å²) in [4.78, 5) is 18.6. The molecule has 7 heteroatoms. The van der Waals surface area contributed by atoms with Crippen LogP contribution in [0.25, 0.3) is 0 Å². The van der Waals surface area contributed by atoms with Crippen molar-refractivity contribution in [1.82, 2.24) is 10.3 Å². The number of nitrogens with one attached hydrogen (secondary N) is 2. The Morgan fingerprint density at radius 1 is 1.31 bits per heavy atom. The molecule has 1 saturated heterocycles. The molecule has 2 unspecified atom stereocenters. The summed E-state index contributed by atoms with van der Waals surface area (Å²) in [6, 6.07) is 3.57. The van der Waals surface area contributed by atoms with E-state index in [-0.39, 0.29) is 6.03 Å². The lowest BCUT2D eigenvalue weighted by atomic mass is 9.88. The molecule has 26 heavy (non-hydrogen) atoms. The highest BCUT2D eigenvalue weighted by atomic mass is 16.5. The number of aromatic nitrogens is 1. The largest absolute Gasteiger partial charge is 0.378 e. The van der Waals surface area contributed by atoms with Gasteiger partial charge in [-0.05, 0) is 30.9 Å². The van der Waals surface area contributed by atoms with Crippen molar-refractivity contribution in [2.45, 2.75) is 38.7 Å². The van der Waals surface area contributed by atoms with E-state index in [2.05, 4.69) is 27.4 Å². The van der Waals surface area contributed by atoms with Crippen molar-refractivity contribution >= 4 is 17.5 Å². The molecule has 2 N–H and O–H groups in total. The normalized spacial score (nSPS) is 23.5. The summed E-state index contributed by atoms with van der Waals surface area (Å²) in [5, 5.41) is 5.64. The zero-order valence-corrected chi connectivity index (χ0v) is 15.6. The number of rotatable bonds is 6. The number of pyridine rings is 1. The first-order chi connectivity index (χ1) is 12.7. The fourth-order valence-electron chi connectivity index (χ4n) is 3.52. The predicted octanol–water partition coefficient (Wildman–Crippen LogP) is 2.64. The van der Waals surface area contributed by atoms with Gasteiger partial charge in [0, 0.05) is 19.6 Å². The summed E-state index contributed by atoms with van der Waals surface area (Å²) in [6.45, 7) is 6.46. The summed E-state index contributed by atoms with van der Waals surface area (Å²) >= 11 is 0. The van der Waals surface area contributed by atoms with Gasteiger partial charge in [-0.2, -0.15) is 0 Å². The van der Waals surface area contributed by atoms with Gasteiger partial charge in [0.25, 0.3) is 0 Å². The topological polar surface area (TPSA) is 75.7 Å². The molecule has 3 rings (SSSR count). The fraction of sp³-hybridized carbons (Fsp3) is 0.684. The third-order valence-corrected chi connectivity index (χ3v) is 5.09. The maximum atomic E-state index is 12.0. The van der Waals surface area contributed by atoms with Crippen LogP contribution in [0.3, 0.4) is 0 Å². The lowest BCUT2D eigenvalue weighted by Crippen LogP contribution is -2.36. The highest BCUT2D eigenvalue weighted by Gasteiger charge is 2.21. The van der Waals surface area contributed by atoms with Crippen LogP contribution in [0.1, 0.15) is 32.6 Å². The zero-order valence-electron chi connectivity index (χ0n) is 15.6. The Morgan fingerprint density at radius 2 is 2.12 bits per heavy atom. The molecule has 1 aromatic heterocycles. The highest BCUT2D eigenvalue weighted by Crippen LogP contribution is 2.26. The first-order valence-corrected chi connectivity index (χ1v) is 9.67. The maximum absolute atomic E-state index is 12.0. The molecule has 2 atom stereocenters. The van der Waals surface area contributed by atoms with Crippen molar-refractivity contribution in [2.75, 3.05) is 49.7 Å². The number of hydrogen-bond donors (Lipinski definition) is 2. The van der Waals surface area contributed by atoms with Gasteiger partial charge in [-0.25, -0.2) is 9.78 Å². The van der Waals surface area contributed by atoms with Crippen LogP contribution in [0.4, 0.5) is 16.3 Å². The molecular weight excluding hydrogens is 332 g/mol. The van der Waals surface area contributed by atoms with E-state index in [9.17, 15) is 4.79 Å². The number of hydrogen-bond acceptors (Lipinski definition) is 5. The van der Waals surface area contributed by atoms with Crippen LogP contribution in [-0.4, -0.2) is 56.6 Å². The van der Waals surface area contributed by atoms with E-state index in [0.717, 1.165) is 38.5 Å². The number of amides is 2. The smallest absolute Gasteiger partial charge is 0.319 e. The number of morpholine rings is 1. The molecule has 0 radical (unpaired) electrons. The first kappa shape index (κ1) is 18.9. The van der Waals surface area contributed by atoms with Gasteiger partial charge in [-0.15, -0.1) is 0 Å². The summed E-state index contributed by atoms with van der Waals surface area (Å²) < 4.78 is 11.3. The van der Waals surface area contributed by atoms with Crippen LogP contribution in [0.15, 0.2) is 18.3 Å². The second-order valence-corrected chi connectivity index (χ2v) is 7.06. The van der Waals surface area contributed by atoms with Crippen molar-refractivity contribution in [3.05, 3.63) is 18.3 Å². The fourth-order valence-corrected chi connectivity index (χ4v) is 3.52. The predicted molar refractivity (Wildman–Crippen MR) is 102 cm³/mol. The zero-order chi connectivity index (χ0) is 18.2. The Kier molecular flexibility index (Phi) is 7.08. The average molecular weight is 362 g/mol. The van der Waals surface area contributed by atoms with E-state index in [1.807, 2.05) is 12.1 Å². The van der Waals surface area contributed by atoms with Gasteiger partial charge < -0.3 is 25.0 Å². The van der Waals surface area contributed by atoms with Gasteiger partial charge in [0.2, 0.25) is 0 Å². The van der Waals surface area contributed by atoms with Crippen molar-refractivity contribution in [1.29, 1.82) is 0 Å². The molecule has 2 aliphatic rings. The molecule has 1 aromatic rings. The van der Waals surface area contributed by atoms with Crippen LogP contribution in [-0.2, 0) is 9.47 Å². The number of anilines is 2. The standard InChI is InChI=1S/C19H30N4O3/c1-15-4-2-3-5-17(15)26-11-8-20-19(24)22-16-6-7-18(21-14-16)23-9-12-25-13-10-23/h6-7,14-15,17H,2-5,8-13H2,1H3,(H2,20,22,24). The molecule has 0 spiro atoms. The van der Waals surface area contributed by atoms with Crippen LogP contribution in [0, 0.1) is 5.92 Å². The molecule has 2 amide bonds. The molecule has 0 aromatic carbocycles. The van der Waals surface area contributed by atoms with Crippen LogP contribution in [0.5, 0.6) is 0 Å². The third kappa shape index (κ3) is 5.57. The Morgan fingerprint density at radius 3 is 2.85 bits per heavy atom. The molecule has 2 fully saturated rings. The van der Waals surface area contributed by atoms with Crippen LogP contribution >= 0.6 is 0 Å². The summed E-state index contributed by atoms with van der Waals surface area (Å²) in [7, 11) is 0. The minimum Gasteiger partial charge on any atom is -0.378 e. The number of ether oxygens (including phenoxy) is 2. The number of carbonyl (C=O) groups is 1. The Labute approximate surface area is 155 Å². The molecule has 0 bridgehead atoms. The van der Waals surface area contributed by atoms with E-state index < -0.39 is 0 Å². The Hall–Kier alpha value is -1.86. The minimum atomic E-state index is -0.230. The van der Waals surface area contributed by atoms with Gasteiger partial charge in [-0.1, -0.05) is 19.8 Å². The minimum absolute atomic E-state index is 0.230. The summed E-state index contributed by atoms with van der Waals surface area (Å²) in [6.07, 6.45) is 6.95. The van der Waals surface area contributed by atoms with Gasteiger partial charge >= 0.3 is 6.03 Å². The average Bonchev–Trinajstić information content (AvgIpc) is 2.68. The summed E-state index contributed by atoms with van der Waals surface area (Å²) in [5.41, 5.74) is 0.682. The lowest BCUT2D eigenvalue weighted by molar-refractivity contribution is -0.00232. The van der Waals surface area contributed by atoms with Crippen molar-refractivity contribution in [3.8, 4) is 0 Å². The molecule has 2 heterocycles. The molecule has 144 valence electrons. The molecule has 1 aliphatic carbocycles. The van der Waals surface area contributed by atoms with Gasteiger partial charge in [0.15, 0.2) is 0 Å². The molecule has 7 nitrogen and oxygen atoms in total. The van der Waals surface area contributed by atoms with Crippen molar-refractivity contribution in [3.63, 3.8) is 0 Å². The number of urea groups is 1. The number of nitrogens with zero attached hydrogens (tertiary/aromatic N) is 2. The maximum Gasteiger partial charge on any atom is 0.319 e. The third-order valence-electron chi connectivity index (χ3n) is 5.09. The van der Waals surface area contributed by atoms with Crippen LogP contribution in [0.2, 0.25) is 0 Å². The quantitative estimate of drug-likeness (QED) is 0.761. The van der Waals surface area contributed by atoms with Crippen molar-refractivity contribution < 1.29 is 14.3 Å². The second kappa shape index (κ2) is 9.73. The van der Waals surface area contributed by atoms with E-state index in [0.29, 0.717) is 30.9 Å². The van der Waals surface area contributed by atoms with Gasteiger partial charge in [0.1, 0.15) is 5.82 Å². The first-order valence-electron chi connectivity index (χ1n) is 9.67.